The highest BCUT2D eigenvalue weighted by Gasteiger charge is 2.62. The lowest BCUT2D eigenvalue weighted by Crippen LogP contribution is -2.46. The highest BCUT2D eigenvalue weighted by molar-refractivity contribution is 5.76. The van der Waals surface area contributed by atoms with Crippen LogP contribution in [-0.4, -0.2) is 23.3 Å². The van der Waals surface area contributed by atoms with E-state index in [9.17, 15) is 9.90 Å². The van der Waals surface area contributed by atoms with Crippen molar-refractivity contribution in [1.29, 1.82) is 0 Å². The van der Waals surface area contributed by atoms with Gasteiger partial charge in [-0.1, -0.05) is 12.8 Å². The molecule has 0 amide bonds. The van der Waals surface area contributed by atoms with Crippen LogP contribution in [0.2, 0.25) is 0 Å². The molecular formula is C16H24O3. The number of fused-ring (bicyclic) bond motifs is 1. The molecule has 4 rings (SSSR count). The van der Waals surface area contributed by atoms with Crippen molar-refractivity contribution in [1.82, 2.24) is 0 Å². The number of hydrogen-bond donors (Lipinski definition) is 1. The van der Waals surface area contributed by atoms with Crippen molar-refractivity contribution in [2.75, 3.05) is 6.61 Å². The van der Waals surface area contributed by atoms with E-state index in [2.05, 4.69) is 0 Å². The Hall–Kier alpha value is -0.570. The van der Waals surface area contributed by atoms with Gasteiger partial charge in [-0.3, -0.25) is 4.79 Å². The van der Waals surface area contributed by atoms with Gasteiger partial charge in [-0.25, -0.2) is 0 Å². The highest BCUT2D eigenvalue weighted by Crippen LogP contribution is 2.64. The Labute approximate surface area is 114 Å². The second kappa shape index (κ2) is 3.97. The van der Waals surface area contributed by atoms with Crippen molar-refractivity contribution in [3.8, 4) is 0 Å². The van der Waals surface area contributed by atoms with E-state index in [0.717, 1.165) is 57.0 Å². The summed E-state index contributed by atoms with van der Waals surface area (Å²) in [5.41, 5.74) is -0.342. The summed E-state index contributed by atoms with van der Waals surface area (Å²) < 4.78 is 6.09. The van der Waals surface area contributed by atoms with Crippen LogP contribution in [0, 0.1) is 23.2 Å². The Kier molecular flexibility index (Phi) is 2.55. The molecule has 4 fully saturated rings. The lowest BCUT2D eigenvalue weighted by atomic mass is 9.65. The summed E-state index contributed by atoms with van der Waals surface area (Å²) in [4.78, 5) is 12.0. The largest absolute Gasteiger partial charge is 0.481 e. The van der Waals surface area contributed by atoms with Crippen molar-refractivity contribution in [3.05, 3.63) is 0 Å². The van der Waals surface area contributed by atoms with Crippen LogP contribution in [0.1, 0.15) is 57.8 Å². The number of carboxylic acids is 1. The van der Waals surface area contributed by atoms with E-state index >= 15 is 0 Å². The molecule has 0 aromatic carbocycles. The Morgan fingerprint density at radius 3 is 2.42 bits per heavy atom. The number of carbonyl (C=O) groups is 1. The Morgan fingerprint density at radius 1 is 1.11 bits per heavy atom. The first-order chi connectivity index (χ1) is 9.14. The molecule has 19 heavy (non-hydrogen) atoms. The molecule has 3 nitrogen and oxygen atoms in total. The lowest BCUT2D eigenvalue weighted by Gasteiger charge is -2.45. The topological polar surface area (TPSA) is 46.5 Å². The molecule has 1 saturated heterocycles. The summed E-state index contributed by atoms with van der Waals surface area (Å²) in [6.07, 6.45) is 10.0. The van der Waals surface area contributed by atoms with Crippen LogP contribution in [0.3, 0.4) is 0 Å². The van der Waals surface area contributed by atoms with E-state index in [1.54, 1.807) is 0 Å². The molecule has 3 aliphatic carbocycles. The molecule has 1 aliphatic heterocycles. The third-order valence-electron chi connectivity index (χ3n) is 6.54. The average Bonchev–Trinajstić information content (AvgIpc) is 2.83. The molecular weight excluding hydrogens is 240 g/mol. The average molecular weight is 264 g/mol. The molecule has 0 bridgehead atoms. The second-order valence-electron chi connectivity index (χ2n) is 7.55. The van der Waals surface area contributed by atoms with E-state index < -0.39 is 11.4 Å². The van der Waals surface area contributed by atoms with Crippen LogP contribution in [0.25, 0.3) is 0 Å². The second-order valence-corrected chi connectivity index (χ2v) is 7.55. The number of ether oxygens (including phenoxy) is 1. The summed E-state index contributed by atoms with van der Waals surface area (Å²) in [5.74, 6) is 1.32. The molecule has 3 unspecified atom stereocenters. The molecule has 0 aromatic rings. The first-order valence-electron chi connectivity index (χ1n) is 8.01. The van der Waals surface area contributed by atoms with E-state index in [-0.39, 0.29) is 5.60 Å². The number of carboxylic acid groups (broad SMARTS) is 1. The van der Waals surface area contributed by atoms with Gasteiger partial charge in [-0.05, 0) is 62.7 Å². The molecule has 1 heterocycles. The van der Waals surface area contributed by atoms with E-state index in [4.69, 9.17) is 4.74 Å². The van der Waals surface area contributed by atoms with Crippen molar-refractivity contribution in [2.24, 2.45) is 23.2 Å². The molecule has 0 aromatic heterocycles. The minimum Gasteiger partial charge on any atom is -0.481 e. The standard InChI is InChI=1S/C16H24O3/c17-14(18)16(8-11-7-12(11)9-16)13-3-6-19-15(10-13)4-1-2-5-15/h11-13H,1-10H2,(H,17,18). The minimum absolute atomic E-state index is 0.0537. The summed E-state index contributed by atoms with van der Waals surface area (Å²) in [5, 5.41) is 9.84. The van der Waals surface area contributed by atoms with Crippen LogP contribution in [0.5, 0.6) is 0 Å². The Morgan fingerprint density at radius 2 is 1.79 bits per heavy atom. The molecule has 3 atom stereocenters. The maximum absolute atomic E-state index is 12.0. The van der Waals surface area contributed by atoms with Gasteiger partial charge in [-0.2, -0.15) is 0 Å². The predicted octanol–water partition coefficient (Wildman–Crippen LogP) is 3.23. The van der Waals surface area contributed by atoms with Crippen LogP contribution in [0.4, 0.5) is 0 Å². The van der Waals surface area contributed by atoms with Gasteiger partial charge in [-0.15, -0.1) is 0 Å². The number of hydrogen-bond acceptors (Lipinski definition) is 2. The first kappa shape index (κ1) is 12.2. The Bertz CT molecular complexity index is 387. The summed E-state index contributed by atoms with van der Waals surface area (Å²) >= 11 is 0. The van der Waals surface area contributed by atoms with Gasteiger partial charge < -0.3 is 9.84 Å². The van der Waals surface area contributed by atoms with Crippen molar-refractivity contribution in [3.63, 3.8) is 0 Å². The van der Waals surface area contributed by atoms with Crippen LogP contribution >= 0.6 is 0 Å². The van der Waals surface area contributed by atoms with E-state index in [1.165, 1.54) is 19.3 Å². The first-order valence-corrected chi connectivity index (χ1v) is 8.01. The van der Waals surface area contributed by atoms with Gasteiger partial charge in [0, 0.05) is 6.61 Å². The Balaban J connectivity index is 1.58. The van der Waals surface area contributed by atoms with Crippen LogP contribution in [-0.2, 0) is 9.53 Å². The fraction of sp³-hybridized carbons (Fsp3) is 0.938. The SMILES string of the molecule is O=C(O)C1(C2CCOC3(CCCC3)C2)CC2CC2C1. The van der Waals surface area contributed by atoms with Crippen molar-refractivity contribution >= 4 is 5.97 Å². The molecule has 3 heteroatoms. The van der Waals surface area contributed by atoms with E-state index in [1.807, 2.05) is 0 Å². The number of aliphatic carboxylic acids is 1. The molecule has 0 radical (unpaired) electrons. The molecule has 1 spiro atoms. The predicted molar refractivity (Wildman–Crippen MR) is 70.8 cm³/mol. The highest BCUT2D eigenvalue weighted by atomic mass is 16.5. The zero-order valence-electron chi connectivity index (χ0n) is 11.6. The van der Waals surface area contributed by atoms with Crippen molar-refractivity contribution < 1.29 is 14.6 Å². The monoisotopic (exact) mass is 264 g/mol. The summed E-state index contributed by atoms with van der Waals surface area (Å²) in [6, 6.07) is 0. The third-order valence-corrected chi connectivity index (χ3v) is 6.54. The summed E-state index contributed by atoms with van der Waals surface area (Å²) in [6.45, 7) is 0.787. The summed E-state index contributed by atoms with van der Waals surface area (Å²) in [7, 11) is 0. The maximum atomic E-state index is 12.0. The van der Waals surface area contributed by atoms with Gasteiger partial charge in [0.1, 0.15) is 0 Å². The molecule has 3 saturated carbocycles. The van der Waals surface area contributed by atoms with Crippen LogP contribution < -0.4 is 0 Å². The van der Waals surface area contributed by atoms with Crippen LogP contribution in [0.15, 0.2) is 0 Å². The quantitative estimate of drug-likeness (QED) is 0.833. The zero-order chi connectivity index (χ0) is 13.1. The fourth-order valence-electron chi connectivity index (χ4n) is 5.38. The van der Waals surface area contributed by atoms with Gasteiger partial charge >= 0.3 is 5.97 Å². The lowest BCUT2D eigenvalue weighted by molar-refractivity contribution is -0.163. The molecule has 106 valence electrons. The van der Waals surface area contributed by atoms with E-state index in [0.29, 0.717) is 5.92 Å². The third kappa shape index (κ3) is 1.77. The molecule has 1 N–H and O–H groups in total. The van der Waals surface area contributed by atoms with Gasteiger partial charge in [0.05, 0.1) is 11.0 Å². The normalized spacial score (nSPS) is 47.3. The van der Waals surface area contributed by atoms with Gasteiger partial charge in [0.2, 0.25) is 0 Å². The number of rotatable bonds is 2. The zero-order valence-corrected chi connectivity index (χ0v) is 11.6. The van der Waals surface area contributed by atoms with Crippen molar-refractivity contribution in [2.45, 2.75) is 63.4 Å². The smallest absolute Gasteiger partial charge is 0.309 e. The fourth-order valence-corrected chi connectivity index (χ4v) is 5.38. The molecule has 4 aliphatic rings. The minimum atomic E-state index is -0.514. The maximum Gasteiger partial charge on any atom is 0.309 e. The van der Waals surface area contributed by atoms with Gasteiger partial charge in [0.15, 0.2) is 0 Å². The van der Waals surface area contributed by atoms with Gasteiger partial charge in [0.25, 0.3) is 0 Å².